The Bertz CT molecular complexity index is 887. The van der Waals surface area contributed by atoms with Crippen molar-refractivity contribution in [3.05, 3.63) is 72.0 Å². The SMILES string of the molecule is Cc1cccc(N(C)C(N)=Nc2ccc(F)c3ccccc23)c1. The summed E-state index contributed by atoms with van der Waals surface area (Å²) in [5.74, 6) is 0.0949. The van der Waals surface area contributed by atoms with E-state index in [1.165, 1.54) is 6.07 Å². The van der Waals surface area contributed by atoms with Crippen LogP contribution in [0.3, 0.4) is 0 Å². The van der Waals surface area contributed by atoms with Crippen molar-refractivity contribution >= 4 is 28.1 Å². The summed E-state index contributed by atoms with van der Waals surface area (Å²) in [5, 5.41) is 1.29. The lowest BCUT2D eigenvalue weighted by Gasteiger charge is -2.19. The van der Waals surface area contributed by atoms with Gasteiger partial charge in [-0.2, -0.15) is 0 Å². The van der Waals surface area contributed by atoms with E-state index in [1.54, 1.807) is 18.2 Å². The number of halogens is 1. The summed E-state index contributed by atoms with van der Waals surface area (Å²) in [6.45, 7) is 2.03. The number of aliphatic imine (C=N–C) groups is 1. The Balaban J connectivity index is 2.03. The van der Waals surface area contributed by atoms with Gasteiger partial charge in [-0.05, 0) is 36.8 Å². The third kappa shape index (κ3) is 3.01. The Morgan fingerprint density at radius 1 is 1.00 bits per heavy atom. The lowest BCUT2D eigenvalue weighted by Crippen LogP contribution is -2.33. The van der Waals surface area contributed by atoms with E-state index in [2.05, 4.69) is 4.99 Å². The van der Waals surface area contributed by atoms with Crippen LogP contribution >= 0.6 is 0 Å². The Hall–Kier alpha value is -2.88. The summed E-state index contributed by atoms with van der Waals surface area (Å²) in [6.07, 6.45) is 0. The largest absolute Gasteiger partial charge is 0.369 e. The lowest BCUT2D eigenvalue weighted by molar-refractivity contribution is 0.640. The summed E-state index contributed by atoms with van der Waals surface area (Å²) in [6, 6.07) is 18.3. The van der Waals surface area contributed by atoms with Gasteiger partial charge in [-0.1, -0.05) is 36.4 Å². The number of guanidine groups is 1. The number of hydrogen-bond donors (Lipinski definition) is 1. The van der Waals surface area contributed by atoms with Crippen LogP contribution in [0.15, 0.2) is 65.7 Å². The van der Waals surface area contributed by atoms with E-state index >= 15 is 0 Å². The lowest BCUT2D eigenvalue weighted by atomic mass is 10.1. The van der Waals surface area contributed by atoms with Gasteiger partial charge in [0.05, 0.1) is 5.69 Å². The summed E-state index contributed by atoms with van der Waals surface area (Å²) < 4.78 is 13.9. The second kappa shape index (κ2) is 6.08. The zero-order valence-corrected chi connectivity index (χ0v) is 13.1. The van der Waals surface area contributed by atoms with Gasteiger partial charge in [0.1, 0.15) is 5.82 Å². The van der Waals surface area contributed by atoms with E-state index < -0.39 is 0 Å². The molecule has 2 N–H and O–H groups in total. The predicted octanol–water partition coefficient (Wildman–Crippen LogP) is 4.37. The quantitative estimate of drug-likeness (QED) is 0.564. The smallest absolute Gasteiger partial charge is 0.200 e. The predicted molar refractivity (Wildman–Crippen MR) is 94.8 cm³/mol. The Labute approximate surface area is 134 Å². The molecule has 0 fully saturated rings. The molecular formula is C19H18FN3. The van der Waals surface area contributed by atoms with Gasteiger partial charge in [0.2, 0.25) is 5.96 Å². The van der Waals surface area contributed by atoms with E-state index in [-0.39, 0.29) is 5.82 Å². The van der Waals surface area contributed by atoms with Crippen LogP contribution < -0.4 is 10.6 Å². The molecule has 0 saturated heterocycles. The van der Waals surface area contributed by atoms with Gasteiger partial charge >= 0.3 is 0 Å². The van der Waals surface area contributed by atoms with Crippen LogP contribution in [-0.4, -0.2) is 13.0 Å². The molecule has 3 aromatic rings. The maximum Gasteiger partial charge on any atom is 0.200 e. The molecule has 3 aromatic carbocycles. The highest BCUT2D eigenvalue weighted by atomic mass is 19.1. The van der Waals surface area contributed by atoms with Crippen molar-refractivity contribution in [3.63, 3.8) is 0 Å². The molecule has 0 saturated carbocycles. The molecule has 0 amide bonds. The minimum atomic E-state index is -0.259. The molecule has 0 radical (unpaired) electrons. The van der Waals surface area contributed by atoms with Gasteiger partial charge < -0.3 is 10.6 Å². The van der Waals surface area contributed by atoms with E-state index in [0.29, 0.717) is 17.0 Å². The Morgan fingerprint density at radius 3 is 2.48 bits per heavy atom. The van der Waals surface area contributed by atoms with Gasteiger partial charge in [-0.3, -0.25) is 0 Å². The highest BCUT2D eigenvalue weighted by Crippen LogP contribution is 2.28. The number of nitrogens with two attached hydrogens (primary N) is 1. The number of benzene rings is 3. The minimum absolute atomic E-state index is 0.259. The van der Waals surface area contributed by atoms with Crippen molar-refractivity contribution in [1.29, 1.82) is 0 Å². The molecule has 0 aliphatic heterocycles. The van der Waals surface area contributed by atoms with Crippen LogP contribution in [0.5, 0.6) is 0 Å². The molecule has 0 unspecified atom stereocenters. The molecule has 116 valence electrons. The Kier molecular flexibility index (Phi) is 3.98. The van der Waals surface area contributed by atoms with Crippen LogP contribution in [0.4, 0.5) is 15.8 Å². The molecule has 0 aromatic heterocycles. The number of fused-ring (bicyclic) bond motifs is 1. The monoisotopic (exact) mass is 307 g/mol. The number of rotatable bonds is 2. The maximum absolute atomic E-state index is 13.9. The maximum atomic E-state index is 13.9. The third-order valence-corrected chi connectivity index (χ3v) is 3.82. The second-order valence-corrected chi connectivity index (χ2v) is 5.48. The minimum Gasteiger partial charge on any atom is -0.369 e. The zero-order chi connectivity index (χ0) is 16.4. The highest BCUT2D eigenvalue weighted by Gasteiger charge is 2.08. The first-order valence-corrected chi connectivity index (χ1v) is 7.38. The first-order valence-electron chi connectivity index (χ1n) is 7.38. The van der Waals surface area contributed by atoms with Crippen molar-refractivity contribution in [2.45, 2.75) is 6.92 Å². The third-order valence-electron chi connectivity index (χ3n) is 3.82. The van der Waals surface area contributed by atoms with Crippen molar-refractivity contribution < 1.29 is 4.39 Å². The van der Waals surface area contributed by atoms with Gasteiger partial charge in [-0.25, -0.2) is 9.38 Å². The van der Waals surface area contributed by atoms with Crippen LogP contribution in [0.25, 0.3) is 10.8 Å². The van der Waals surface area contributed by atoms with Gasteiger partial charge in [0.15, 0.2) is 0 Å². The number of anilines is 1. The molecule has 0 bridgehead atoms. The first kappa shape index (κ1) is 15.0. The molecule has 0 spiro atoms. The molecule has 0 aliphatic carbocycles. The summed E-state index contributed by atoms with van der Waals surface area (Å²) >= 11 is 0. The average Bonchev–Trinajstić information content (AvgIpc) is 2.57. The first-order chi connectivity index (χ1) is 11.1. The average molecular weight is 307 g/mol. The van der Waals surface area contributed by atoms with Crippen LogP contribution in [-0.2, 0) is 0 Å². The van der Waals surface area contributed by atoms with Crippen LogP contribution in [0.2, 0.25) is 0 Å². The number of hydrogen-bond acceptors (Lipinski definition) is 1. The summed E-state index contributed by atoms with van der Waals surface area (Å²) in [7, 11) is 1.86. The molecule has 4 heteroatoms. The summed E-state index contributed by atoms with van der Waals surface area (Å²) in [4.78, 5) is 6.30. The topological polar surface area (TPSA) is 41.6 Å². The molecule has 3 rings (SSSR count). The van der Waals surface area contributed by atoms with Gasteiger partial charge in [0.25, 0.3) is 0 Å². The fourth-order valence-electron chi connectivity index (χ4n) is 2.51. The van der Waals surface area contributed by atoms with E-state index in [9.17, 15) is 4.39 Å². The van der Waals surface area contributed by atoms with Crippen molar-refractivity contribution in [3.8, 4) is 0 Å². The Morgan fingerprint density at radius 2 is 1.74 bits per heavy atom. The van der Waals surface area contributed by atoms with Crippen LogP contribution in [0, 0.1) is 12.7 Å². The molecule has 0 atom stereocenters. The van der Waals surface area contributed by atoms with Gasteiger partial charge in [0, 0.05) is 23.5 Å². The fourth-order valence-corrected chi connectivity index (χ4v) is 2.51. The van der Waals surface area contributed by atoms with E-state index in [0.717, 1.165) is 16.6 Å². The van der Waals surface area contributed by atoms with E-state index in [1.807, 2.05) is 55.3 Å². The van der Waals surface area contributed by atoms with Crippen molar-refractivity contribution in [1.82, 2.24) is 0 Å². The second-order valence-electron chi connectivity index (χ2n) is 5.48. The van der Waals surface area contributed by atoms with Crippen LogP contribution in [0.1, 0.15) is 5.56 Å². The summed E-state index contributed by atoms with van der Waals surface area (Å²) in [5.41, 5.74) is 8.90. The molecular weight excluding hydrogens is 289 g/mol. The van der Waals surface area contributed by atoms with Crippen molar-refractivity contribution in [2.24, 2.45) is 10.7 Å². The fraction of sp³-hybridized carbons (Fsp3) is 0.105. The molecule has 23 heavy (non-hydrogen) atoms. The van der Waals surface area contributed by atoms with E-state index in [4.69, 9.17) is 5.73 Å². The normalized spacial score (nSPS) is 11.7. The molecule has 3 nitrogen and oxygen atoms in total. The van der Waals surface area contributed by atoms with Crippen molar-refractivity contribution in [2.75, 3.05) is 11.9 Å². The standard InChI is InChI=1S/C19H18FN3/c1-13-6-5-7-14(12-13)23(2)19(21)22-18-11-10-17(20)15-8-3-4-9-16(15)18/h3-12H,1-2H3,(H2,21,22). The number of aryl methyl sites for hydroxylation is 1. The zero-order valence-electron chi connectivity index (χ0n) is 13.1. The molecule has 0 heterocycles. The number of nitrogens with zero attached hydrogens (tertiary/aromatic N) is 2. The molecule has 0 aliphatic rings. The highest BCUT2D eigenvalue weighted by molar-refractivity contribution is 6.00. The van der Waals surface area contributed by atoms with Gasteiger partial charge in [-0.15, -0.1) is 0 Å².